The lowest BCUT2D eigenvalue weighted by Crippen LogP contribution is -2.14. The largest absolute Gasteiger partial charge is 0.494 e. The first-order valence-electron chi connectivity index (χ1n) is 12.7. The molecule has 34 heavy (non-hydrogen) atoms. The summed E-state index contributed by atoms with van der Waals surface area (Å²) in [5.41, 5.74) is 1.56. The Morgan fingerprint density at radius 3 is 2.06 bits per heavy atom. The van der Waals surface area contributed by atoms with E-state index in [0.717, 1.165) is 56.9 Å². The third-order valence-corrected chi connectivity index (χ3v) is 7.73. The standard InChI is InChI=1S/C30H35F3O/c1-3-20-5-10-23(11-6-20)27-17-15-24(29(32)30(27)33)14-9-21-7-12-22(13-8-21)26-18-16-25(34-4-2)19-28(26)31/h3,9,14-23H,1,4-8,10-13H2,2H3. The zero-order valence-corrected chi connectivity index (χ0v) is 20.0. The minimum atomic E-state index is -0.746. The summed E-state index contributed by atoms with van der Waals surface area (Å²) in [4.78, 5) is 0. The van der Waals surface area contributed by atoms with Crippen LogP contribution in [0.1, 0.15) is 86.8 Å². The molecular weight excluding hydrogens is 433 g/mol. The molecule has 0 spiro atoms. The first kappa shape index (κ1) is 24.6. The summed E-state index contributed by atoms with van der Waals surface area (Å²) in [5, 5.41) is 0. The van der Waals surface area contributed by atoms with Gasteiger partial charge in [0.25, 0.3) is 0 Å². The van der Waals surface area contributed by atoms with Gasteiger partial charge in [-0.15, -0.1) is 6.58 Å². The van der Waals surface area contributed by atoms with Gasteiger partial charge in [-0.05, 0) is 99.2 Å². The van der Waals surface area contributed by atoms with E-state index in [2.05, 4.69) is 6.58 Å². The van der Waals surface area contributed by atoms with Crippen LogP contribution in [0, 0.1) is 29.3 Å². The fraction of sp³-hybridized carbons (Fsp3) is 0.467. The van der Waals surface area contributed by atoms with Gasteiger partial charge in [0.1, 0.15) is 11.6 Å². The van der Waals surface area contributed by atoms with Crippen LogP contribution in [0.4, 0.5) is 13.2 Å². The summed E-state index contributed by atoms with van der Waals surface area (Å²) in [6, 6.07) is 8.62. The maximum atomic E-state index is 14.9. The highest BCUT2D eigenvalue weighted by Gasteiger charge is 2.26. The predicted molar refractivity (Wildman–Crippen MR) is 133 cm³/mol. The Labute approximate surface area is 201 Å². The van der Waals surface area contributed by atoms with E-state index in [-0.39, 0.29) is 17.7 Å². The van der Waals surface area contributed by atoms with E-state index in [9.17, 15) is 13.2 Å². The van der Waals surface area contributed by atoms with Gasteiger partial charge in [0.05, 0.1) is 6.61 Å². The van der Waals surface area contributed by atoms with Crippen molar-refractivity contribution in [2.24, 2.45) is 11.8 Å². The highest BCUT2D eigenvalue weighted by molar-refractivity contribution is 5.52. The number of allylic oxidation sites excluding steroid dienone is 2. The molecule has 0 aromatic heterocycles. The molecule has 2 fully saturated rings. The van der Waals surface area contributed by atoms with Crippen molar-refractivity contribution < 1.29 is 17.9 Å². The van der Waals surface area contributed by atoms with Crippen LogP contribution in [0.5, 0.6) is 5.75 Å². The number of rotatable bonds is 7. The van der Waals surface area contributed by atoms with Gasteiger partial charge >= 0.3 is 0 Å². The van der Waals surface area contributed by atoms with Crippen molar-refractivity contribution in [1.82, 2.24) is 0 Å². The maximum absolute atomic E-state index is 14.9. The molecule has 1 nitrogen and oxygen atoms in total. The van der Waals surface area contributed by atoms with Gasteiger partial charge in [-0.25, -0.2) is 13.2 Å². The van der Waals surface area contributed by atoms with Crippen LogP contribution in [0.2, 0.25) is 0 Å². The monoisotopic (exact) mass is 468 g/mol. The maximum Gasteiger partial charge on any atom is 0.166 e. The molecule has 0 amide bonds. The van der Waals surface area contributed by atoms with E-state index in [1.54, 1.807) is 18.2 Å². The zero-order valence-electron chi connectivity index (χ0n) is 20.0. The number of benzene rings is 2. The topological polar surface area (TPSA) is 9.23 Å². The number of hydrogen-bond donors (Lipinski definition) is 0. The Hall–Kier alpha value is -2.49. The summed E-state index contributed by atoms with van der Waals surface area (Å²) < 4.78 is 49.6. The highest BCUT2D eigenvalue weighted by Crippen LogP contribution is 2.40. The van der Waals surface area contributed by atoms with Gasteiger partial charge in [-0.2, -0.15) is 0 Å². The Balaban J connectivity index is 1.36. The van der Waals surface area contributed by atoms with Crippen molar-refractivity contribution in [1.29, 1.82) is 0 Å². The van der Waals surface area contributed by atoms with Crippen molar-refractivity contribution in [3.05, 3.63) is 83.2 Å². The summed E-state index contributed by atoms with van der Waals surface area (Å²) in [5.74, 6) is -0.0352. The first-order valence-corrected chi connectivity index (χ1v) is 12.7. The molecule has 0 atom stereocenters. The SMILES string of the molecule is C=CC1CCC(c2ccc(C=CC3CCC(c4ccc(OCC)cc4F)CC3)c(F)c2F)CC1. The molecule has 2 saturated carbocycles. The fourth-order valence-electron chi connectivity index (χ4n) is 5.65. The number of hydrogen-bond acceptors (Lipinski definition) is 1. The van der Waals surface area contributed by atoms with Crippen molar-refractivity contribution in [2.45, 2.75) is 70.1 Å². The zero-order chi connectivity index (χ0) is 24.1. The molecule has 2 aliphatic carbocycles. The molecular formula is C30H35F3O. The Kier molecular flexibility index (Phi) is 8.18. The molecule has 0 radical (unpaired) electrons. The van der Waals surface area contributed by atoms with Crippen molar-refractivity contribution >= 4 is 6.08 Å². The molecule has 2 aliphatic rings. The van der Waals surface area contributed by atoms with Crippen LogP contribution in [-0.2, 0) is 0 Å². The van der Waals surface area contributed by atoms with Crippen LogP contribution < -0.4 is 4.74 Å². The van der Waals surface area contributed by atoms with Crippen molar-refractivity contribution in [2.75, 3.05) is 6.61 Å². The third kappa shape index (κ3) is 5.59. The molecule has 4 heteroatoms. The smallest absolute Gasteiger partial charge is 0.166 e. The lowest BCUT2D eigenvalue weighted by molar-refractivity contribution is 0.336. The van der Waals surface area contributed by atoms with E-state index < -0.39 is 11.6 Å². The fourth-order valence-corrected chi connectivity index (χ4v) is 5.65. The quantitative estimate of drug-likeness (QED) is 0.369. The van der Waals surface area contributed by atoms with Gasteiger partial charge in [0.15, 0.2) is 11.6 Å². The van der Waals surface area contributed by atoms with Gasteiger partial charge < -0.3 is 4.74 Å². The molecule has 0 saturated heterocycles. The van der Waals surface area contributed by atoms with Crippen LogP contribution in [0.15, 0.2) is 49.1 Å². The molecule has 4 rings (SSSR count). The van der Waals surface area contributed by atoms with E-state index in [0.29, 0.717) is 35.3 Å². The second-order valence-corrected chi connectivity index (χ2v) is 9.81. The third-order valence-electron chi connectivity index (χ3n) is 7.73. The van der Waals surface area contributed by atoms with E-state index in [1.165, 1.54) is 6.07 Å². The summed E-state index contributed by atoms with van der Waals surface area (Å²) >= 11 is 0. The second-order valence-electron chi connectivity index (χ2n) is 9.81. The summed E-state index contributed by atoms with van der Waals surface area (Å²) in [6.45, 7) is 6.25. The minimum absolute atomic E-state index is 0.0852. The predicted octanol–water partition coefficient (Wildman–Crippen LogP) is 8.95. The average Bonchev–Trinajstić information content (AvgIpc) is 2.86. The number of ether oxygens (including phenoxy) is 1. The van der Waals surface area contributed by atoms with E-state index in [1.807, 2.05) is 31.2 Å². The molecule has 0 aliphatic heterocycles. The van der Waals surface area contributed by atoms with Crippen LogP contribution in [-0.4, -0.2) is 6.61 Å². The minimum Gasteiger partial charge on any atom is -0.494 e. The van der Waals surface area contributed by atoms with Crippen LogP contribution in [0.25, 0.3) is 6.08 Å². The molecule has 0 heterocycles. The van der Waals surface area contributed by atoms with Gasteiger partial charge in [-0.3, -0.25) is 0 Å². The summed E-state index contributed by atoms with van der Waals surface area (Å²) in [7, 11) is 0. The Bertz CT molecular complexity index is 1010. The molecule has 2 aromatic rings. The average molecular weight is 469 g/mol. The first-order chi connectivity index (χ1) is 16.5. The van der Waals surface area contributed by atoms with E-state index >= 15 is 0 Å². The Morgan fingerprint density at radius 1 is 0.824 bits per heavy atom. The van der Waals surface area contributed by atoms with E-state index in [4.69, 9.17) is 4.74 Å². The van der Waals surface area contributed by atoms with Crippen LogP contribution >= 0.6 is 0 Å². The normalized spacial score (nSPS) is 25.4. The summed E-state index contributed by atoms with van der Waals surface area (Å²) in [6.07, 6.45) is 13.0. The highest BCUT2D eigenvalue weighted by atomic mass is 19.2. The van der Waals surface area contributed by atoms with Gasteiger partial charge in [-0.1, -0.05) is 36.4 Å². The molecule has 182 valence electrons. The Morgan fingerprint density at radius 2 is 1.44 bits per heavy atom. The van der Waals surface area contributed by atoms with Gasteiger partial charge in [0, 0.05) is 11.6 Å². The van der Waals surface area contributed by atoms with Crippen LogP contribution in [0.3, 0.4) is 0 Å². The molecule has 0 N–H and O–H groups in total. The molecule has 2 aromatic carbocycles. The van der Waals surface area contributed by atoms with Gasteiger partial charge in [0.2, 0.25) is 0 Å². The lowest BCUT2D eigenvalue weighted by atomic mass is 9.78. The molecule has 0 unspecified atom stereocenters. The molecule has 0 bridgehead atoms. The lowest BCUT2D eigenvalue weighted by Gasteiger charge is -2.28. The van der Waals surface area contributed by atoms with Crippen molar-refractivity contribution in [3.8, 4) is 5.75 Å². The van der Waals surface area contributed by atoms with Crippen molar-refractivity contribution in [3.63, 3.8) is 0 Å². The number of halogens is 3. The second kappa shape index (κ2) is 11.3.